The maximum absolute atomic E-state index is 11.8. The molecule has 0 aromatic carbocycles. The van der Waals surface area contributed by atoms with Crippen molar-refractivity contribution in [2.24, 2.45) is 0 Å². The first kappa shape index (κ1) is 14.5. The van der Waals surface area contributed by atoms with E-state index in [1.807, 2.05) is 20.8 Å². The molecule has 1 aliphatic carbocycles. The van der Waals surface area contributed by atoms with Gasteiger partial charge in [0.15, 0.2) is 0 Å². The third kappa shape index (κ3) is 5.07. The standard InChI is InChI=1S/C14H25O3/c1-11(12(15)17-13(2,3)4)10-14(16)8-6-5-7-9-14/h16H,5-10H2,1-4H3. The monoisotopic (exact) mass is 241 g/mol. The maximum Gasteiger partial charge on any atom is 0.313 e. The molecule has 99 valence electrons. The molecule has 0 unspecified atom stereocenters. The number of carbonyl (C=O) groups excluding carboxylic acids is 1. The summed E-state index contributed by atoms with van der Waals surface area (Å²) < 4.78 is 5.30. The van der Waals surface area contributed by atoms with Crippen LogP contribution >= 0.6 is 0 Å². The van der Waals surface area contributed by atoms with E-state index in [2.05, 4.69) is 0 Å². The van der Waals surface area contributed by atoms with Gasteiger partial charge in [0, 0.05) is 0 Å². The number of ether oxygens (including phenoxy) is 1. The summed E-state index contributed by atoms with van der Waals surface area (Å²) in [5, 5.41) is 10.4. The van der Waals surface area contributed by atoms with E-state index in [0.29, 0.717) is 12.3 Å². The van der Waals surface area contributed by atoms with E-state index in [4.69, 9.17) is 4.74 Å². The maximum atomic E-state index is 11.8. The van der Waals surface area contributed by atoms with Gasteiger partial charge < -0.3 is 9.84 Å². The minimum atomic E-state index is -0.681. The van der Waals surface area contributed by atoms with Crippen molar-refractivity contribution in [3.05, 3.63) is 5.92 Å². The second-order valence-electron chi connectivity index (χ2n) is 6.24. The molecule has 0 bridgehead atoms. The summed E-state index contributed by atoms with van der Waals surface area (Å²) in [6.07, 6.45) is 5.34. The Bertz CT molecular complexity index is 259. The van der Waals surface area contributed by atoms with Gasteiger partial charge in [-0.3, -0.25) is 4.79 Å². The predicted molar refractivity (Wildman–Crippen MR) is 67.4 cm³/mol. The Balaban J connectivity index is 2.47. The highest BCUT2D eigenvalue weighted by molar-refractivity contribution is 5.84. The van der Waals surface area contributed by atoms with Gasteiger partial charge in [-0.2, -0.15) is 0 Å². The summed E-state index contributed by atoms with van der Waals surface area (Å²) in [5.74, 6) is 0.348. The van der Waals surface area contributed by atoms with E-state index in [1.165, 1.54) is 6.42 Å². The summed E-state index contributed by atoms with van der Waals surface area (Å²) in [4.78, 5) is 11.8. The van der Waals surface area contributed by atoms with Crippen LogP contribution in [0.1, 0.15) is 66.2 Å². The van der Waals surface area contributed by atoms with Crippen LogP contribution in [0.3, 0.4) is 0 Å². The zero-order valence-electron chi connectivity index (χ0n) is 11.5. The van der Waals surface area contributed by atoms with Crippen molar-refractivity contribution in [1.82, 2.24) is 0 Å². The van der Waals surface area contributed by atoms with E-state index >= 15 is 0 Å². The minimum Gasteiger partial charge on any atom is -0.460 e. The number of hydrogen-bond donors (Lipinski definition) is 1. The van der Waals surface area contributed by atoms with Crippen LogP contribution in [0.4, 0.5) is 0 Å². The molecule has 0 heterocycles. The topological polar surface area (TPSA) is 46.5 Å². The molecule has 1 aliphatic rings. The number of esters is 1. The molecular weight excluding hydrogens is 216 g/mol. The Labute approximate surface area is 105 Å². The Kier molecular flexibility index (Phi) is 4.59. The van der Waals surface area contributed by atoms with Crippen molar-refractivity contribution in [3.63, 3.8) is 0 Å². The lowest BCUT2D eigenvalue weighted by molar-refractivity contribution is -0.153. The molecule has 0 saturated heterocycles. The fraction of sp³-hybridized carbons (Fsp3) is 0.857. The normalized spacial score (nSPS) is 20.4. The van der Waals surface area contributed by atoms with Crippen LogP contribution in [0.2, 0.25) is 0 Å². The highest BCUT2D eigenvalue weighted by Crippen LogP contribution is 2.34. The second-order valence-corrected chi connectivity index (χ2v) is 6.24. The zero-order chi connectivity index (χ0) is 13.1. The average Bonchev–Trinajstić information content (AvgIpc) is 2.15. The lowest BCUT2D eigenvalue weighted by atomic mass is 9.79. The molecule has 1 saturated carbocycles. The van der Waals surface area contributed by atoms with Gasteiger partial charge in [0.05, 0.1) is 11.5 Å². The smallest absolute Gasteiger partial charge is 0.313 e. The SMILES string of the molecule is C[C](CC1(O)CCCCC1)C(=O)OC(C)(C)C. The predicted octanol–water partition coefficient (Wildman–Crippen LogP) is 3.01. The first-order valence-electron chi connectivity index (χ1n) is 6.50. The third-order valence-corrected chi connectivity index (χ3v) is 3.13. The van der Waals surface area contributed by atoms with E-state index in [9.17, 15) is 9.90 Å². The van der Waals surface area contributed by atoms with E-state index in [1.54, 1.807) is 6.92 Å². The molecule has 17 heavy (non-hydrogen) atoms. The Hall–Kier alpha value is -0.570. The number of carbonyl (C=O) groups is 1. The van der Waals surface area contributed by atoms with Crippen LogP contribution in [0.5, 0.6) is 0 Å². The average molecular weight is 241 g/mol. The van der Waals surface area contributed by atoms with Gasteiger partial charge in [-0.15, -0.1) is 0 Å². The largest absolute Gasteiger partial charge is 0.460 e. The van der Waals surface area contributed by atoms with Crippen LogP contribution in [0.25, 0.3) is 0 Å². The first-order chi connectivity index (χ1) is 7.72. The van der Waals surface area contributed by atoms with E-state index in [0.717, 1.165) is 25.7 Å². The molecule has 0 aliphatic heterocycles. The van der Waals surface area contributed by atoms with Gasteiger partial charge in [0.1, 0.15) is 5.60 Å². The van der Waals surface area contributed by atoms with E-state index in [-0.39, 0.29) is 5.97 Å². The van der Waals surface area contributed by atoms with Crippen molar-refractivity contribution in [3.8, 4) is 0 Å². The van der Waals surface area contributed by atoms with Gasteiger partial charge in [-0.25, -0.2) is 0 Å². The summed E-state index contributed by atoms with van der Waals surface area (Å²) in [7, 11) is 0. The van der Waals surface area contributed by atoms with Crippen LogP contribution in [0, 0.1) is 5.92 Å². The van der Waals surface area contributed by atoms with Gasteiger partial charge in [-0.05, 0) is 47.0 Å². The van der Waals surface area contributed by atoms with E-state index < -0.39 is 11.2 Å². The van der Waals surface area contributed by atoms with Gasteiger partial charge in [0.25, 0.3) is 0 Å². The molecule has 1 rings (SSSR count). The van der Waals surface area contributed by atoms with Crippen LogP contribution in [-0.2, 0) is 9.53 Å². The lowest BCUT2D eigenvalue weighted by Crippen LogP contribution is -2.36. The summed E-state index contributed by atoms with van der Waals surface area (Å²) in [6.45, 7) is 7.33. The quantitative estimate of drug-likeness (QED) is 0.773. The fourth-order valence-electron chi connectivity index (χ4n) is 2.32. The van der Waals surface area contributed by atoms with Crippen molar-refractivity contribution in [2.75, 3.05) is 0 Å². The molecule has 1 radical (unpaired) electrons. The summed E-state index contributed by atoms with van der Waals surface area (Å²) in [5.41, 5.74) is -1.15. The highest BCUT2D eigenvalue weighted by atomic mass is 16.6. The Morgan fingerprint density at radius 1 is 1.24 bits per heavy atom. The van der Waals surface area contributed by atoms with Crippen LogP contribution < -0.4 is 0 Å². The Morgan fingerprint density at radius 2 is 1.76 bits per heavy atom. The van der Waals surface area contributed by atoms with Gasteiger partial charge in [-0.1, -0.05) is 19.3 Å². The molecule has 0 spiro atoms. The molecule has 3 nitrogen and oxygen atoms in total. The van der Waals surface area contributed by atoms with Crippen molar-refractivity contribution >= 4 is 5.97 Å². The van der Waals surface area contributed by atoms with Crippen molar-refractivity contribution in [1.29, 1.82) is 0 Å². The summed E-state index contributed by atoms with van der Waals surface area (Å²) in [6, 6.07) is 0. The van der Waals surface area contributed by atoms with Crippen molar-refractivity contribution in [2.45, 2.75) is 77.4 Å². The van der Waals surface area contributed by atoms with Gasteiger partial charge >= 0.3 is 5.97 Å². The molecule has 0 amide bonds. The summed E-state index contributed by atoms with van der Waals surface area (Å²) >= 11 is 0. The third-order valence-electron chi connectivity index (χ3n) is 3.13. The first-order valence-corrected chi connectivity index (χ1v) is 6.50. The Morgan fingerprint density at radius 3 is 2.24 bits per heavy atom. The van der Waals surface area contributed by atoms with Gasteiger partial charge in [0.2, 0.25) is 0 Å². The lowest BCUT2D eigenvalue weighted by Gasteiger charge is -2.34. The van der Waals surface area contributed by atoms with Crippen LogP contribution in [0.15, 0.2) is 0 Å². The zero-order valence-corrected chi connectivity index (χ0v) is 11.5. The molecular formula is C14H25O3. The molecule has 1 fully saturated rings. The number of hydrogen-bond acceptors (Lipinski definition) is 3. The number of aliphatic hydroxyl groups is 1. The molecule has 0 aromatic heterocycles. The van der Waals surface area contributed by atoms with Crippen molar-refractivity contribution < 1.29 is 14.6 Å². The second kappa shape index (κ2) is 5.38. The molecule has 1 N–H and O–H groups in total. The fourth-order valence-corrected chi connectivity index (χ4v) is 2.32. The molecule has 3 heteroatoms. The van der Waals surface area contributed by atoms with Crippen LogP contribution in [-0.4, -0.2) is 22.3 Å². The molecule has 0 aromatic rings. The highest BCUT2D eigenvalue weighted by Gasteiger charge is 2.34. The molecule has 0 atom stereocenters. The minimum absolute atomic E-state index is 0.281. The number of rotatable bonds is 3.